The first kappa shape index (κ1) is 14.3. The zero-order valence-corrected chi connectivity index (χ0v) is 11.4. The average Bonchev–Trinajstić information content (AvgIpc) is 3.18. The number of fused-ring (bicyclic) bond motifs is 1. The molecule has 7 heteroatoms. The van der Waals surface area contributed by atoms with E-state index in [0.717, 1.165) is 29.4 Å². The maximum absolute atomic E-state index is 12.2. The Bertz CT molecular complexity index is 647. The van der Waals surface area contributed by atoms with Crippen molar-refractivity contribution in [3.05, 3.63) is 29.6 Å². The summed E-state index contributed by atoms with van der Waals surface area (Å²) in [5.41, 5.74) is 8.24. The first-order valence-corrected chi connectivity index (χ1v) is 6.82. The molecule has 1 heterocycles. The van der Waals surface area contributed by atoms with Gasteiger partial charge in [-0.15, -0.1) is 0 Å². The van der Waals surface area contributed by atoms with E-state index < -0.39 is 12.8 Å². The van der Waals surface area contributed by atoms with Crippen molar-refractivity contribution in [2.45, 2.75) is 38.2 Å². The lowest BCUT2D eigenvalue weighted by atomic mass is 10.2. The predicted molar refractivity (Wildman–Crippen MR) is 71.6 cm³/mol. The van der Waals surface area contributed by atoms with E-state index in [2.05, 4.69) is 4.98 Å². The smallest absolute Gasteiger partial charge is 0.364 e. The fraction of sp³-hybridized carbons (Fsp3) is 0.500. The van der Waals surface area contributed by atoms with E-state index in [1.54, 1.807) is 0 Å². The van der Waals surface area contributed by atoms with Gasteiger partial charge in [-0.25, -0.2) is 4.98 Å². The summed E-state index contributed by atoms with van der Waals surface area (Å²) < 4.78 is 43.2. The Morgan fingerprint density at radius 3 is 2.71 bits per heavy atom. The van der Waals surface area contributed by atoms with Crippen LogP contribution in [0.25, 0.3) is 11.0 Å². The highest BCUT2D eigenvalue weighted by Gasteiger charge is 2.30. The van der Waals surface area contributed by atoms with Crippen molar-refractivity contribution >= 4 is 11.0 Å². The lowest BCUT2D eigenvalue weighted by molar-refractivity contribution is -0.177. The number of aromatic nitrogens is 2. The first-order valence-electron chi connectivity index (χ1n) is 6.82. The van der Waals surface area contributed by atoms with Crippen molar-refractivity contribution in [1.82, 2.24) is 9.55 Å². The number of alkyl halides is 3. The standard InChI is InChI=1S/C14H16F3N3O/c15-14(16,17)8-21-7-13-19-11-5-9(6-18)1-4-12(11)20(13)10-2-3-10/h1,4-5,10H,2-3,6-8,18H2. The van der Waals surface area contributed by atoms with Crippen molar-refractivity contribution in [2.24, 2.45) is 5.73 Å². The van der Waals surface area contributed by atoms with Crippen LogP contribution in [0.1, 0.15) is 30.3 Å². The quantitative estimate of drug-likeness (QED) is 0.923. The summed E-state index contributed by atoms with van der Waals surface area (Å²) in [6.07, 6.45) is -2.27. The van der Waals surface area contributed by atoms with E-state index in [9.17, 15) is 13.2 Å². The molecular weight excluding hydrogens is 283 g/mol. The second-order valence-corrected chi connectivity index (χ2v) is 5.26. The van der Waals surface area contributed by atoms with Crippen molar-refractivity contribution in [3.63, 3.8) is 0 Å². The van der Waals surface area contributed by atoms with Crippen LogP contribution in [0.5, 0.6) is 0 Å². The van der Waals surface area contributed by atoms with Crippen molar-refractivity contribution in [1.29, 1.82) is 0 Å². The molecule has 2 aromatic rings. The fourth-order valence-corrected chi connectivity index (χ4v) is 2.42. The monoisotopic (exact) mass is 299 g/mol. The van der Waals surface area contributed by atoms with Gasteiger partial charge in [0.15, 0.2) is 0 Å². The molecule has 0 spiro atoms. The van der Waals surface area contributed by atoms with Crippen LogP contribution in [0.3, 0.4) is 0 Å². The molecule has 0 atom stereocenters. The summed E-state index contributed by atoms with van der Waals surface area (Å²) in [5.74, 6) is 0.547. The van der Waals surface area contributed by atoms with Crippen LogP contribution in [-0.2, 0) is 17.9 Å². The Morgan fingerprint density at radius 2 is 2.10 bits per heavy atom. The lowest BCUT2D eigenvalue weighted by Crippen LogP contribution is -2.17. The third kappa shape index (κ3) is 3.19. The number of nitrogens with zero attached hydrogens (tertiary/aromatic N) is 2. The zero-order valence-electron chi connectivity index (χ0n) is 11.4. The molecule has 1 aromatic heterocycles. The van der Waals surface area contributed by atoms with Crippen molar-refractivity contribution < 1.29 is 17.9 Å². The molecular formula is C14H16F3N3O. The van der Waals surface area contributed by atoms with Gasteiger partial charge in [0, 0.05) is 12.6 Å². The third-order valence-electron chi connectivity index (χ3n) is 3.47. The minimum absolute atomic E-state index is 0.136. The van der Waals surface area contributed by atoms with E-state index in [0.29, 0.717) is 18.4 Å². The molecule has 0 aliphatic heterocycles. The Labute approximate surface area is 119 Å². The number of rotatable bonds is 5. The molecule has 1 aliphatic carbocycles. The number of nitrogens with two attached hydrogens (primary N) is 1. The van der Waals surface area contributed by atoms with Gasteiger partial charge in [-0.2, -0.15) is 13.2 Å². The molecule has 21 heavy (non-hydrogen) atoms. The van der Waals surface area contributed by atoms with Gasteiger partial charge in [0.1, 0.15) is 19.0 Å². The summed E-state index contributed by atoms with van der Waals surface area (Å²) in [4.78, 5) is 4.42. The van der Waals surface area contributed by atoms with Gasteiger partial charge in [0.25, 0.3) is 0 Å². The number of hydrogen-bond donors (Lipinski definition) is 1. The predicted octanol–water partition coefficient (Wildman–Crippen LogP) is 2.91. The molecule has 114 valence electrons. The molecule has 1 saturated carbocycles. The van der Waals surface area contributed by atoms with E-state index in [4.69, 9.17) is 10.5 Å². The summed E-state index contributed by atoms with van der Waals surface area (Å²) in [6, 6.07) is 6.05. The van der Waals surface area contributed by atoms with Crippen molar-refractivity contribution in [3.8, 4) is 0 Å². The summed E-state index contributed by atoms with van der Waals surface area (Å²) in [5, 5.41) is 0. The molecule has 3 rings (SSSR count). The van der Waals surface area contributed by atoms with Crippen LogP contribution < -0.4 is 5.73 Å². The zero-order chi connectivity index (χ0) is 15.0. The molecule has 0 bridgehead atoms. The van der Waals surface area contributed by atoms with Gasteiger partial charge in [0.05, 0.1) is 11.0 Å². The largest absolute Gasteiger partial charge is 0.411 e. The Kier molecular flexibility index (Phi) is 3.62. The highest BCUT2D eigenvalue weighted by atomic mass is 19.4. The van der Waals surface area contributed by atoms with Gasteiger partial charge in [-0.05, 0) is 30.5 Å². The molecule has 0 radical (unpaired) electrons. The van der Waals surface area contributed by atoms with Crippen LogP contribution in [0, 0.1) is 0 Å². The van der Waals surface area contributed by atoms with E-state index in [1.807, 2.05) is 22.8 Å². The molecule has 0 unspecified atom stereocenters. The van der Waals surface area contributed by atoms with Crippen LogP contribution >= 0.6 is 0 Å². The molecule has 1 aromatic carbocycles. The molecule has 0 saturated heterocycles. The average molecular weight is 299 g/mol. The van der Waals surface area contributed by atoms with Gasteiger partial charge >= 0.3 is 6.18 Å². The molecule has 1 aliphatic rings. The molecule has 4 nitrogen and oxygen atoms in total. The Morgan fingerprint density at radius 1 is 1.33 bits per heavy atom. The van der Waals surface area contributed by atoms with Crippen LogP contribution in [-0.4, -0.2) is 22.3 Å². The lowest BCUT2D eigenvalue weighted by Gasteiger charge is -2.10. The number of benzene rings is 1. The third-order valence-corrected chi connectivity index (χ3v) is 3.47. The normalized spacial score (nSPS) is 15.8. The molecule has 0 amide bonds. The number of imidazole rings is 1. The molecule has 2 N–H and O–H groups in total. The summed E-state index contributed by atoms with van der Waals surface area (Å²) >= 11 is 0. The Hall–Kier alpha value is -1.60. The van der Waals surface area contributed by atoms with Crippen LogP contribution in [0.2, 0.25) is 0 Å². The highest BCUT2D eigenvalue weighted by Crippen LogP contribution is 2.39. The van der Waals surface area contributed by atoms with Crippen LogP contribution in [0.4, 0.5) is 13.2 Å². The SMILES string of the molecule is NCc1ccc2c(c1)nc(COCC(F)(F)F)n2C1CC1. The topological polar surface area (TPSA) is 53.1 Å². The number of ether oxygens (including phenoxy) is 1. The minimum atomic E-state index is -4.32. The summed E-state index contributed by atoms with van der Waals surface area (Å²) in [7, 11) is 0. The maximum Gasteiger partial charge on any atom is 0.411 e. The van der Waals surface area contributed by atoms with Gasteiger partial charge in [-0.3, -0.25) is 0 Å². The summed E-state index contributed by atoms with van der Waals surface area (Å²) in [6.45, 7) is -0.982. The van der Waals surface area contributed by atoms with Crippen molar-refractivity contribution in [2.75, 3.05) is 6.61 Å². The number of hydrogen-bond acceptors (Lipinski definition) is 3. The maximum atomic E-state index is 12.2. The van der Waals surface area contributed by atoms with Gasteiger partial charge in [0.2, 0.25) is 0 Å². The first-order chi connectivity index (χ1) is 9.98. The van der Waals surface area contributed by atoms with E-state index >= 15 is 0 Å². The highest BCUT2D eigenvalue weighted by molar-refractivity contribution is 5.77. The number of halogens is 3. The minimum Gasteiger partial charge on any atom is -0.364 e. The van der Waals surface area contributed by atoms with Gasteiger partial charge < -0.3 is 15.0 Å². The second kappa shape index (κ2) is 5.31. The Balaban J connectivity index is 1.88. The fourth-order valence-electron chi connectivity index (χ4n) is 2.42. The second-order valence-electron chi connectivity index (χ2n) is 5.26. The molecule has 1 fully saturated rings. The van der Waals surface area contributed by atoms with E-state index in [1.165, 1.54) is 0 Å². The van der Waals surface area contributed by atoms with Crippen LogP contribution in [0.15, 0.2) is 18.2 Å². The van der Waals surface area contributed by atoms with Gasteiger partial charge in [-0.1, -0.05) is 6.07 Å². The van der Waals surface area contributed by atoms with E-state index in [-0.39, 0.29) is 6.61 Å².